The first-order valence-corrected chi connectivity index (χ1v) is 3.50. The third-order valence-electron chi connectivity index (χ3n) is 1.38. The maximum atomic E-state index is 10.6. The highest BCUT2D eigenvalue weighted by Gasteiger charge is 2.07. The lowest BCUT2D eigenvalue weighted by Crippen LogP contribution is -2.02. The van der Waals surface area contributed by atoms with Crippen molar-refractivity contribution in [2.24, 2.45) is 0 Å². The Morgan fingerprint density at radius 3 is 3.08 bits per heavy atom. The summed E-state index contributed by atoms with van der Waals surface area (Å²) in [4.78, 5) is 14.3. The van der Waals surface area contributed by atoms with Crippen LogP contribution in [0, 0.1) is 11.3 Å². The molecule has 0 unspecified atom stereocenters. The van der Waals surface area contributed by atoms with Crippen LogP contribution >= 0.6 is 0 Å². The summed E-state index contributed by atoms with van der Waals surface area (Å²) in [6.45, 7) is 0. The van der Waals surface area contributed by atoms with E-state index in [0.29, 0.717) is 5.56 Å². The summed E-state index contributed by atoms with van der Waals surface area (Å²) in [7, 11) is 0. The van der Waals surface area contributed by atoms with Gasteiger partial charge in [0, 0.05) is 17.8 Å². The number of rotatable bonds is 2. The van der Waals surface area contributed by atoms with Crippen molar-refractivity contribution in [3.63, 3.8) is 0 Å². The molecule has 64 valence electrons. The van der Waals surface area contributed by atoms with Gasteiger partial charge in [0.1, 0.15) is 0 Å². The number of hydrogen-bond acceptors (Lipinski definition) is 3. The molecule has 1 rings (SSSR count). The van der Waals surface area contributed by atoms with E-state index in [1.807, 2.05) is 0 Å². The smallest absolute Gasteiger partial charge is 0.355 e. The molecule has 0 bridgehead atoms. The third kappa shape index (κ3) is 2.14. The summed E-state index contributed by atoms with van der Waals surface area (Å²) in [5, 5.41) is 16.9. The van der Waals surface area contributed by atoms with Crippen molar-refractivity contribution in [3.05, 3.63) is 35.7 Å². The van der Waals surface area contributed by atoms with Crippen LogP contribution in [0.3, 0.4) is 0 Å². The lowest BCUT2D eigenvalue weighted by molar-refractivity contribution is 0.0690. The molecule has 13 heavy (non-hydrogen) atoms. The number of carboxylic acid groups (broad SMARTS) is 1. The van der Waals surface area contributed by atoms with Crippen molar-refractivity contribution >= 4 is 12.0 Å². The standard InChI is InChI=1S/C9H6N2O2/c10-5-1-3-7-4-2-6-11-8(7)9(12)13/h1-4,6H,(H,12,13). The van der Waals surface area contributed by atoms with E-state index in [9.17, 15) is 4.79 Å². The maximum absolute atomic E-state index is 10.6. The zero-order valence-corrected chi connectivity index (χ0v) is 6.64. The molecular formula is C9H6N2O2. The van der Waals surface area contributed by atoms with Gasteiger partial charge >= 0.3 is 5.97 Å². The Labute approximate surface area is 74.8 Å². The number of nitrogens with zero attached hydrogens (tertiary/aromatic N) is 2. The van der Waals surface area contributed by atoms with Gasteiger partial charge in [-0.05, 0) is 12.1 Å². The Morgan fingerprint density at radius 1 is 1.69 bits per heavy atom. The minimum atomic E-state index is -1.10. The Bertz CT molecular complexity index is 391. The Hall–Kier alpha value is -2.15. The van der Waals surface area contributed by atoms with Gasteiger partial charge in [0.25, 0.3) is 0 Å². The molecule has 0 atom stereocenters. The second kappa shape index (κ2) is 4.02. The average molecular weight is 174 g/mol. The van der Waals surface area contributed by atoms with Gasteiger partial charge in [-0.25, -0.2) is 9.78 Å². The third-order valence-corrected chi connectivity index (χ3v) is 1.38. The first-order chi connectivity index (χ1) is 6.25. The fourth-order valence-electron chi connectivity index (χ4n) is 0.858. The maximum Gasteiger partial charge on any atom is 0.355 e. The molecule has 0 amide bonds. The van der Waals surface area contributed by atoms with E-state index < -0.39 is 5.97 Å². The number of allylic oxidation sites excluding steroid dienone is 1. The van der Waals surface area contributed by atoms with Crippen LogP contribution < -0.4 is 0 Å². The van der Waals surface area contributed by atoms with Crippen LogP contribution in [0.5, 0.6) is 0 Å². The van der Waals surface area contributed by atoms with E-state index in [4.69, 9.17) is 10.4 Å². The monoisotopic (exact) mass is 174 g/mol. The summed E-state index contributed by atoms with van der Waals surface area (Å²) in [6, 6.07) is 4.98. The lowest BCUT2D eigenvalue weighted by Gasteiger charge is -1.96. The molecule has 4 heteroatoms. The second-order valence-electron chi connectivity index (χ2n) is 2.21. The van der Waals surface area contributed by atoms with Crippen molar-refractivity contribution in [2.45, 2.75) is 0 Å². The van der Waals surface area contributed by atoms with Crippen molar-refractivity contribution < 1.29 is 9.90 Å². The van der Waals surface area contributed by atoms with Gasteiger partial charge in [-0.3, -0.25) is 0 Å². The van der Waals surface area contributed by atoms with Gasteiger partial charge in [-0.15, -0.1) is 0 Å². The number of pyridine rings is 1. The molecule has 0 aliphatic heterocycles. The molecule has 0 aromatic carbocycles. The first-order valence-electron chi connectivity index (χ1n) is 3.50. The molecule has 0 aliphatic rings. The fraction of sp³-hybridized carbons (Fsp3) is 0. The van der Waals surface area contributed by atoms with Gasteiger partial charge < -0.3 is 5.11 Å². The molecule has 1 aromatic heterocycles. The zero-order chi connectivity index (χ0) is 9.68. The highest BCUT2D eigenvalue weighted by Crippen LogP contribution is 2.06. The Kier molecular flexibility index (Phi) is 2.77. The zero-order valence-electron chi connectivity index (χ0n) is 6.64. The Balaban J connectivity index is 3.14. The predicted molar refractivity (Wildman–Crippen MR) is 45.8 cm³/mol. The molecule has 0 aliphatic carbocycles. The lowest BCUT2D eigenvalue weighted by atomic mass is 10.2. The second-order valence-corrected chi connectivity index (χ2v) is 2.21. The van der Waals surface area contributed by atoms with E-state index in [1.54, 1.807) is 18.2 Å². The van der Waals surface area contributed by atoms with E-state index in [2.05, 4.69) is 4.98 Å². The van der Waals surface area contributed by atoms with Crippen LogP contribution in [0.25, 0.3) is 6.08 Å². The van der Waals surface area contributed by atoms with Crippen molar-refractivity contribution in [1.82, 2.24) is 4.98 Å². The minimum Gasteiger partial charge on any atom is -0.476 e. The van der Waals surface area contributed by atoms with Gasteiger partial charge in [0.15, 0.2) is 5.69 Å². The quantitative estimate of drug-likeness (QED) is 0.686. The van der Waals surface area contributed by atoms with Gasteiger partial charge in [-0.1, -0.05) is 6.07 Å². The van der Waals surface area contributed by atoms with Crippen LogP contribution in [0.1, 0.15) is 16.1 Å². The largest absolute Gasteiger partial charge is 0.476 e. The van der Waals surface area contributed by atoms with Crippen LogP contribution in [0.2, 0.25) is 0 Å². The van der Waals surface area contributed by atoms with E-state index in [-0.39, 0.29) is 5.69 Å². The van der Waals surface area contributed by atoms with E-state index >= 15 is 0 Å². The average Bonchev–Trinajstić information content (AvgIpc) is 2.15. The molecule has 0 radical (unpaired) electrons. The van der Waals surface area contributed by atoms with Crippen LogP contribution in [-0.2, 0) is 0 Å². The molecule has 0 saturated carbocycles. The number of aromatic carboxylic acids is 1. The molecule has 0 saturated heterocycles. The highest BCUT2D eigenvalue weighted by atomic mass is 16.4. The predicted octanol–water partition coefficient (Wildman–Crippen LogP) is 1.32. The fourth-order valence-corrected chi connectivity index (χ4v) is 0.858. The number of aromatic nitrogens is 1. The molecule has 1 aromatic rings. The van der Waals surface area contributed by atoms with Gasteiger partial charge in [0.05, 0.1) is 6.07 Å². The highest BCUT2D eigenvalue weighted by molar-refractivity contribution is 5.89. The Morgan fingerprint density at radius 2 is 2.46 bits per heavy atom. The molecular weight excluding hydrogens is 168 g/mol. The molecule has 1 heterocycles. The first kappa shape index (κ1) is 8.94. The summed E-state index contributed by atoms with van der Waals surface area (Å²) in [6.07, 6.45) is 4.02. The molecule has 0 fully saturated rings. The number of carbonyl (C=O) groups is 1. The summed E-state index contributed by atoms with van der Waals surface area (Å²) in [5.41, 5.74) is 0.380. The minimum absolute atomic E-state index is 0.0472. The summed E-state index contributed by atoms with van der Waals surface area (Å²) < 4.78 is 0. The molecule has 1 N–H and O–H groups in total. The van der Waals surface area contributed by atoms with Crippen molar-refractivity contribution in [2.75, 3.05) is 0 Å². The van der Waals surface area contributed by atoms with Crippen molar-refractivity contribution in [1.29, 1.82) is 5.26 Å². The normalized spacial score (nSPS) is 9.77. The molecule has 4 nitrogen and oxygen atoms in total. The number of hydrogen-bond donors (Lipinski definition) is 1. The SMILES string of the molecule is N#CC=Cc1cccnc1C(=O)O. The summed E-state index contributed by atoms with van der Waals surface area (Å²) >= 11 is 0. The molecule has 0 spiro atoms. The number of nitriles is 1. The van der Waals surface area contributed by atoms with Gasteiger partial charge in [0.2, 0.25) is 0 Å². The van der Waals surface area contributed by atoms with Gasteiger partial charge in [-0.2, -0.15) is 5.26 Å². The van der Waals surface area contributed by atoms with E-state index in [0.717, 1.165) is 0 Å². The van der Waals surface area contributed by atoms with Crippen LogP contribution in [0.4, 0.5) is 0 Å². The van der Waals surface area contributed by atoms with Crippen LogP contribution in [-0.4, -0.2) is 16.1 Å². The topological polar surface area (TPSA) is 74.0 Å². The van der Waals surface area contributed by atoms with Crippen molar-refractivity contribution in [3.8, 4) is 6.07 Å². The number of carboxylic acids is 1. The van der Waals surface area contributed by atoms with Crippen LogP contribution in [0.15, 0.2) is 24.4 Å². The summed E-state index contributed by atoms with van der Waals surface area (Å²) in [5.74, 6) is -1.10. The van der Waals surface area contributed by atoms with E-state index in [1.165, 1.54) is 18.3 Å².